The maximum atomic E-state index is 12.4. The summed E-state index contributed by atoms with van der Waals surface area (Å²) in [6.07, 6.45) is 0. The maximum absolute atomic E-state index is 12.4. The van der Waals surface area contributed by atoms with Crippen molar-refractivity contribution < 1.29 is 8.42 Å². The summed E-state index contributed by atoms with van der Waals surface area (Å²) in [5.41, 5.74) is 0.581. The van der Waals surface area contributed by atoms with Gasteiger partial charge in [0.1, 0.15) is 0 Å². The lowest BCUT2D eigenvalue weighted by Gasteiger charge is -2.24. The molecule has 1 unspecified atom stereocenters. The Labute approximate surface area is 146 Å². The molecule has 2 aromatic rings. The molecule has 0 spiro atoms. The molecule has 9 heteroatoms. The highest BCUT2D eigenvalue weighted by molar-refractivity contribution is 7.89. The van der Waals surface area contributed by atoms with E-state index in [0.29, 0.717) is 10.6 Å². The Bertz CT molecular complexity index is 694. The lowest BCUT2D eigenvalue weighted by atomic mass is 10.2. The fourth-order valence-electron chi connectivity index (χ4n) is 1.60. The highest BCUT2D eigenvalue weighted by Gasteiger charge is 2.37. The molecule has 0 aliphatic carbocycles. The van der Waals surface area contributed by atoms with Crippen LogP contribution in [0.2, 0.25) is 5.02 Å². The summed E-state index contributed by atoms with van der Waals surface area (Å²) in [5.74, 6) is 0. The van der Waals surface area contributed by atoms with E-state index in [0.717, 1.165) is 0 Å². The molecule has 0 radical (unpaired) electrons. The summed E-state index contributed by atoms with van der Waals surface area (Å²) < 4.78 is 25.3. The van der Waals surface area contributed by atoms with E-state index >= 15 is 0 Å². The van der Waals surface area contributed by atoms with E-state index in [1.165, 1.54) is 35.6 Å². The van der Waals surface area contributed by atoms with Gasteiger partial charge >= 0.3 is 0 Å². The Morgan fingerprint density at radius 1 is 1.10 bits per heavy atom. The smallest absolute Gasteiger partial charge is 0.207 e. The molecule has 1 aromatic heterocycles. The summed E-state index contributed by atoms with van der Waals surface area (Å²) >= 11 is 24.8. The second kappa shape index (κ2) is 6.62. The average molecular weight is 405 g/mol. The minimum atomic E-state index is -3.84. The predicted octanol–water partition coefficient (Wildman–Crippen LogP) is 4.79. The molecule has 0 saturated heterocycles. The number of rotatable bonds is 4. The Balaban J connectivity index is 2.34. The molecule has 1 atom stereocenters. The molecule has 1 N–H and O–H groups in total. The standard InChI is InChI=1S/C12H9Cl4NO2S2/c13-9-1-3-10(4-2-9)21(18,19)17-11(12(14,15)16)8-5-6-20-7-8/h1-7,11,17H. The van der Waals surface area contributed by atoms with Gasteiger partial charge in [0, 0.05) is 5.02 Å². The molecular weight excluding hydrogens is 396 g/mol. The Morgan fingerprint density at radius 3 is 2.19 bits per heavy atom. The molecule has 0 saturated carbocycles. The number of halogens is 4. The monoisotopic (exact) mass is 403 g/mol. The minimum absolute atomic E-state index is 0.0429. The molecule has 3 nitrogen and oxygen atoms in total. The fraction of sp³-hybridized carbons (Fsp3) is 0.167. The van der Waals surface area contributed by atoms with Gasteiger partial charge in [-0.1, -0.05) is 46.4 Å². The van der Waals surface area contributed by atoms with E-state index in [2.05, 4.69) is 4.72 Å². The number of thiophene rings is 1. The predicted molar refractivity (Wildman–Crippen MR) is 89.1 cm³/mol. The molecule has 0 bridgehead atoms. The van der Waals surface area contributed by atoms with Crippen molar-refractivity contribution in [3.63, 3.8) is 0 Å². The van der Waals surface area contributed by atoms with Crippen molar-refractivity contribution in [1.29, 1.82) is 0 Å². The van der Waals surface area contributed by atoms with Gasteiger partial charge in [0.15, 0.2) is 0 Å². The van der Waals surface area contributed by atoms with Gasteiger partial charge in [-0.15, -0.1) is 0 Å². The van der Waals surface area contributed by atoms with Crippen molar-refractivity contribution in [1.82, 2.24) is 4.72 Å². The lowest BCUT2D eigenvalue weighted by molar-refractivity contribution is 0.559. The quantitative estimate of drug-likeness (QED) is 0.744. The first-order valence-corrected chi connectivity index (χ1v) is 9.50. The largest absolute Gasteiger partial charge is 0.241 e. The van der Waals surface area contributed by atoms with Crippen LogP contribution in [0.25, 0.3) is 0 Å². The van der Waals surface area contributed by atoms with Crippen LogP contribution in [0, 0.1) is 0 Å². The van der Waals surface area contributed by atoms with Crippen molar-refractivity contribution >= 4 is 67.8 Å². The first-order chi connectivity index (χ1) is 9.70. The number of nitrogens with one attached hydrogen (secondary N) is 1. The van der Waals surface area contributed by atoms with Crippen LogP contribution >= 0.6 is 57.7 Å². The molecule has 0 amide bonds. The first-order valence-electron chi connectivity index (χ1n) is 5.57. The normalized spacial score (nSPS) is 14.1. The summed E-state index contributed by atoms with van der Waals surface area (Å²) in [6.45, 7) is 0. The van der Waals surface area contributed by atoms with E-state index in [1.54, 1.807) is 16.8 Å². The van der Waals surface area contributed by atoms with Crippen LogP contribution in [0.15, 0.2) is 46.0 Å². The summed E-state index contributed by atoms with van der Waals surface area (Å²) in [4.78, 5) is 0.0429. The van der Waals surface area contributed by atoms with Gasteiger partial charge in [0.05, 0.1) is 10.9 Å². The first kappa shape index (κ1) is 17.3. The van der Waals surface area contributed by atoms with Crippen molar-refractivity contribution in [3.8, 4) is 0 Å². The number of hydrogen-bond donors (Lipinski definition) is 1. The van der Waals surface area contributed by atoms with Gasteiger partial charge in [-0.05, 0) is 46.7 Å². The number of benzene rings is 1. The second-order valence-electron chi connectivity index (χ2n) is 4.11. The molecule has 114 valence electrons. The third-order valence-corrected chi connectivity index (χ3v) is 5.65. The van der Waals surface area contributed by atoms with E-state index in [1.807, 2.05) is 0 Å². The zero-order valence-corrected chi connectivity index (χ0v) is 14.9. The SMILES string of the molecule is O=S(=O)(NC(c1ccsc1)C(Cl)(Cl)Cl)c1ccc(Cl)cc1. The van der Waals surface area contributed by atoms with E-state index < -0.39 is 19.9 Å². The van der Waals surface area contributed by atoms with Crippen molar-refractivity contribution in [3.05, 3.63) is 51.7 Å². The highest BCUT2D eigenvalue weighted by atomic mass is 35.6. The van der Waals surface area contributed by atoms with Crippen LogP contribution in [-0.4, -0.2) is 12.2 Å². The van der Waals surface area contributed by atoms with Gasteiger partial charge in [-0.2, -0.15) is 16.1 Å². The molecule has 0 fully saturated rings. The summed E-state index contributed by atoms with van der Waals surface area (Å²) in [7, 11) is -3.84. The number of alkyl halides is 3. The van der Waals surface area contributed by atoms with Crippen LogP contribution in [0.3, 0.4) is 0 Å². The fourth-order valence-corrected chi connectivity index (χ4v) is 4.40. The van der Waals surface area contributed by atoms with Gasteiger partial charge in [0.25, 0.3) is 0 Å². The van der Waals surface area contributed by atoms with Crippen LogP contribution in [-0.2, 0) is 10.0 Å². The average Bonchev–Trinajstić information content (AvgIpc) is 2.88. The van der Waals surface area contributed by atoms with Gasteiger partial charge < -0.3 is 0 Å². The minimum Gasteiger partial charge on any atom is -0.207 e. The van der Waals surface area contributed by atoms with Crippen LogP contribution in [0.1, 0.15) is 11.6 Å². The third-order valence-electron chi connectivity index (χ3n) is 2.60. The zero-order chi connectivity index (χ0) is 15.7. The maximum Gasteiger partial charge on any atom is 0.241 e. The van der Waals surface area contributed by atoms with Crippen molar-refractivity contribution in [2.24, 2.45) is 0 Å². The lowest BCUT2D eigenvalue weighted by Crippen LogP contribution is -2.36. The topological polar surface area (TPSA) is 46.2 Å². The van der Waals surface area contributed by atoms with E-state index in [9.17, 15) is 8.42 Å². The number of sulfonamides is 1. The summed E-state index contributed by atoms with van der Waals surface area (Å²) in [6, 6.07) is 6.42. The van der Waals surface area contributed by atoms with Crippen LogP contribution in [0.5, 0.6) is 0 Å². The molecule has 2 rings (SSSR count). The highest BCUT2D eigenvalue weighted by Crippen LogP contribution is 2.41. The second-order valence-corrected chi connectivity index (χ2v) is 9.41. The van der Waals surface area contributed by atoms with Crippen LogP contribution < -0.4 is 4.72 Å². The van der Waals surface area contributed by atoms with E-state index in [-0.39, 0.29) is 4.90 Å². The van der Waals surface area contributed by atoms with Crippen molar-refractivity contribution in [2.45, 2.75) is 14.7 Å². The van der Waals surface area contributed by atoms with Gasteiger partial charge in [0.2, 0.25) is 13.8 Å². The Kier molecular flexibility index (Phi) is 5.47. The van der Waals surface area contributed by atoms with Gasteiger partial charge in [-0.3, -0.25) is 0 Å². The van der Waals surface area contributed by atoms with Crippen LogP contribution in [0.4, 0.5) is 0 Å². The molecular formula is C12H9Cl4NO2S2. The molecule has 0 aliphatic rings. The third kappa shape index (κ3) is 4.48. The number of hydrogen-bond acceptors (Lipinski definition) is 3. The zero-order valence-electron chi connectivity index (χ0n) is 10.3. The molecule has 0 aliphatic heterocycles. The Morgan fingerprint density at radius 2 is 1.71 bits per heavy atom. The molecule has 1 heterocycles. The van der Waals surface area contributed by atoms with Gasteiger partial charge in [-0.25, -0.2) is 8.42 Å². The molecule has 1 aromatic carbocycles. The molecule has 21 heavy (non-hydrogen) atoms. The summed E-state index contributed by atoms with van der Waals surface area (Å²) in [5, 5.41) is 3.93. The Hall–Kier alpha value is -0.0100. The van der Waals surface area contributed by atoms with Crippen molar-refractivity contribution in [2.75, 3.05) is 0 Å². The van der Waals surface area contributed by atoms with E-state index in [4.69, 9.17) is 46.4 Å².